The number of aryl methyl sites for hydroxylation is 1. The van der Waals surface area contributed by atoms with Gasteiger partial charge in [0.1, 0.15) is 5.82 Å². The summed E-state index contributed by atoms with van der Waals surface area (Å²) in [4.78, 5) is 0. The molecule has 0 saturated carbocycles. The zero-order chi connectivity index (χ0) is 11.1. The predicted molar refractivity (Wildman–Crippen MR) is 61.8 cm³/mol. The van der Waals surface area contributed by atoms with Gasteiger partial charge >= 0.3 is 0 Å². The molecule has 16 heavy (non-hydrogen) atoms. The highest BCUT2D eigenvalue weighted by atomic mass is 15.3. The first-order valence-corrected chi connectivity index (χ1v) is 4.98. The lowest BCUT2D eigenvalue weighted by atomic mass is 10.2. The number of nitrogen functional groups attached to an aromatic ring is 1. The van der Waals surface area contributed by atoms with Crippen LogP contribution in [-0.2, 0) is 7.05 Å². The Hall–Kier alpha value is -2.30. The Morgan fingerprint density at radius 3 is 2.94 bits per heavy atom. The summed E-state index contributed by atoms with van der Waals surface area (Å²) in [6, 6.07) is 7.78. The molecule has 3 aromatic rings. The largest absolute Gasteiger partial charge is 0.384 e. The first kappa shape index (κ1) is 8.96. The number of hydrogen-bond donors (Lipinski definition) is 1. The second kappa shape index (κ2) is 3.10. The maximum Gasteiger partial charge on any atom is 0.121 e. The Morgan fingerprint density at radius 2 is 2.19 bits per heavy atom. The summed E-state index contributed by atoms with van der Waals surface area (Å²) < 4.78 is 3.47. The van der Waals surface area contributed by atoms with Gasteiger partial charge in [0, 0.05) is 24.9 Å². The monoisotopic (exact) mass is 213 g/mol. The fourth-order valence-electron chi connectivity index (χ4n) is 1.75. The maximum absolute atomic E-state index is 5.76. The van der Waals surface area contributed by atoms with Gasteiger partial charge in [0.05, 0.1) is 17.4 Å². The molecule has 2 N–H and O–H groups in total. The van der Waals surface area contributed by atoms with Crippen LogP contribution in [0, 0.1) is 0 Å². The SMILES string of the molecule is Cn1nc(-c2cnn3ccccc23)cc1N. The van der Waals surface area contributed by atoms with Crippen molar-refractivity contribution >= 4 is 11.3 Å². The Labute approximate surface area is 92.1 Å². The minimum atomic E-state index is 0.644. The highest BCUT2D eigenvalue weighted by Crippen LogP contribution is 2.24. The molecule has 5 nitrogen and oxygen atoms in total. The predicted octanol–water partition coefficient (Wildman–Crippen LogP) is 1.32. The maximum atomic E-state index is 5.76. The molecule has 0 aromatic carbocycles. The summed E-state index contributed by atoms with van der Waals surface area (Å²) in [6.07, 6.45) is 3.71. The van der Waals surface area contributed by atoms with E-state index in [9.17, 15) is 0 Å². The van der Waals surface area contributed by atoms with Crippen molar-refractivity contribution in [2.24, 2.45) is 7.05 Å². The van der Waals surface area contributed by atoms with Crippen LogP contribution in [0.2, 0.25) is 0 Å². The van der Waals surface area contributed by atoms with E-state index in [1.807, 2.05) is 42.0 Å². The van der Waals surface area contributed by atoms with E-state index in [1.54, 1.807) is 10.9 Å². The third-order valence-corrected chi connectivity index (χ3v) is 2.62. The molecule has 0 aliphatic heterocycles. The number of hydrogen-bond acceptors (Lipinski definition) is 3. The molecule has 0 spiro atoms. The molecule has 0 unspecified atom stereocenters. The van der Waals surface area contributed by atoms with Gasteiger partial charge in [-0.15, -0.1) is 0 Å². The molecule has 5 heteroatoms. The Morgan fingerprint density at radius 1 is 1.31 bits per heavy atom. The van der Waals surface area contributed by atoms with Crippen LogP contribution < -0.4 is 5.73 Å². The van der Waals surface area contributed by atoms with Gasteiger partial charge in [-0.1, -0.05) is 6.07 Å². The van der Waals surface area contributed by atoms with Crippen LogP contribution in [0.25, 0.3) is 16.8 Å². The number of fused-ring (bicyclic) bond motifs is 1. The minimum Gasteiger partial charge on any atom is -0.384 e. The minimum absolute atomic E-state index is 0.644. The van der Waals surface area contributed by atoms with Crippen molar-refractivity contribution in [2.75, 3.05) is 5.73 Å². The highest BCUT2D eigenvalue weighted by molar-refractivity contribution is 5.78. The molecule has 0 radical (unpaired) electrons. The molecule has 0 fully saturated rings. The molecule has 3 heterocycles. The quantitative estimate of drug-likeness (QED) is 0.663. The molecule has 0 bridgehead atoms. The first-order valence-electron chi connectivity index (χ1n) is 4.98. The summed E-state index contributed by atoms with van der Waals surface area (Å²) in [6.45, 7) is 0. The van der Waals surface area contributed by atoms with E-state index < -0.39 is 0 Å². The average molecular weight is 213 g/mol. The average Bonchev–Trinajstić information content (AvgIpc) is 2.83. The van der Waals surface area contributed by atoms with E-state index in [0.29, 0.717) is 5.82 Å². The van der Waals surface area contributed by atoms with Crippen LogP contribution in [0.1, 0.15) is 0 Å². The number of pyridine rings is 1. The molecule has 0 atom stereocenters. The Bertz CT molecular complexity index is 630. The van der Waals surface area contributed by atoms with Crippen LogP contribution in [0.15, 0.2) is 36.7 Å². The zero-order valence-electron chi connectivity index (χ0n) is 8.83. The van der Waals surface area contributed by atoms with Gasteiger partial charge in [-0.25, -0.2) is 4.52 Å². The fraction of sp³-hybridized carbons (Fsp3) is 0.0909. The number of aromatic nitrogens is 4. The third kappa shape index (κ3) is 1.18. The first-order chi connectivity index (χ1) is 7.75. The van der Waals surface area contributed by atoms with Crippen molar-refractivity contribution in [1.82, 2.24) is 19.4 Å². The van der Waals surface area contributed by atoms with Gasteiger partial charge in [-0.2, -0.15) is 10.2 Å². The van der Waals surface area contributed by atoms with E-state index in [4.69, 9.17) is 5.73 Å². The van der Waals surface area contributed by atoms with E-state index in [2.05, 4.69) is 10.2 Å². The van der Waals surface area contributed by atoms with Crippen LogP contribution >= 0.6 is 0 Å². The number of nitrogens with zero attached hydrogens (tertiary/aromatic N) is 4. The summed E-state index contributed by atoms with van der Waals surface area (Å²) in [5.74, 6) is 0.644. The van der Waals surface area contributed by atoms with E-state index in [1.165, 1.54) is 0 Å². The van der Waals surface area contributed by atoms with Crippen molar-refractivity contribution in [3.63, 3.8) is 0 Å². The van der Waals surface area contributed by atoms with Crippen molar-refractivity contribution in [1.29, 1.82) is 0 Å². The molecule has 3 aromatic heterocycles. The molecule has 0 aliphatic carbocycles. The lowest BCUT2D eigenvalue weighted by Crippen LogP contribution is -1.96. The van der Waals surface area contributed by atoms with Crippen molar-refractivity contribution in [3.05, 3.63) is 36.7 Å². The number of rotatable bonds is 1. The third-order valence-electron chi connectivity index (χ3n) is 2.62. The van der Waals surface area contributed by atoms with Crippen LogP contribution in [0.4, 0.5) is 5.82 Å². The lowest BCUT2D eigenvalue weighted by molar-refractivity contribution is 0.782. The van der Waals surface area contributed by atoms with E-state index in [0.717, 1.165) is 16.8 Å². The Balaban J connectivity index is 2.26. The van der Waals surface area contributed by atoms with Crippen LogP contribution in [-0.4, -0.2) is 19.4 Å². The van der Waals surface area contributed by atoms with Gasteiger partial charge in [-0.3, -0.25) is 4.68 Å². The van der Waals surface area contributed by atoms with Crippen LogP contribution in [0.3, 0.4) is 0 Å². The van der Waals surface area contributed by atoms with Crippen molar-refractivity contribution in [3.8, 4) is 11.3 Å². The number of anilines is 1. The van der Waals surface area contributed by atoms with Crippen LogP contribution in [0.5, 0.6) is 0 Å². The molecule has 0 saturated heterocycles. The second-order valence-corrected chi connectivity index (χ2v) is 3.67. The standard InChI is InChI=1S/C11H11N5/c1-15-11(12)6-9(14-15)8-7-13-16-5-3-2-4-10(8)16/h2-7H,12H2,1H3. The summed E-state index contributed by atoms with van der Waals surface area (Å²) in [5, 5.41) is 8.60. The van der Waals surface area contributed by atoms with E-state index in [-0.39, 0.29) is 0 Å². The molecular formula is C11H11N5. The number of nitrogens with two attached hydrogens (primary N) is 1. The van der Waals surface area contributed by atoms with Gasteiger partial charge < -0.3 is 5.73 Å². The highest BCUT2D eigenvalue weighted by Gasteiger charge is 2.10. The van der Waals surface area contributed by atoms with Gasteiger partial charge in [-0.05, 0) is 12.1 Å². The molecule has 0 amide bonds. The normalized spacial score (nSPS) is 11.1. The van der Waals surface area contributed by atoms with Crippen molar-refractivity contribution in [2.45, 2.75) is 0 Å². The van der Waals surface area contributed by atoms with Crippen molar-refractivity contribution < 1.29 is 0 Å². The van der Waals surface area contributed by atoms with Gasteiger partial charge in [0.15, 0.2) is 0 Å². The second-order valence-electron chi connectivity index (χ2n) is 3.67. The zero-order valence-corrected chi connectivity index (χ0v) is 8.83. The summed E-state index contributed by atoms with van der Waals surface area (Å²) in [7, 11) is 1.82. The molecular weight excluding hydrogens is 202 g/mol. The summed E-state index contributed by atoms with van der Waals surface area (Å²) >= 11 is 0. The topological polar surface area (TPSA) is 61.1 Å². The van der Waals surface area contributed by atoms with Gasteiger partial charge in [0.2, 0.25) is 0 Å². The van der Waals surface area contributed by atoms with Gasteiger partial charge in [0.25, 0.3) is 0 Å². The smallest absolute Gasteiger partial charge is 0.121 e. The summed E-state index contributed by atoms with van der Waals surface area (Å²) in [5.41, 5.74) is 8.63. The fourth-order valence-corrected chi connectivity index (χ4v) is 1.75. The molecule has 3 rings (SSSR count). The molecule has 80 valence electrons. The van der Waals surface area contributed by atoms with E-state index >= 15 is 0 Å². The molecule has 0 aliphatic rings. The Kier molecular flexibility index (Phi) is 1.73. The lowest BCUT2D eigenvalue weighted by Gasteiger charge is -1.93.